The van der Waals surface area contributed by atoms with Crippen molar-refractivity contribution in [1.29, 1.82) is 0 Å². The van der Waals surface area contributed by atoms with Crippen LogP contribution in [0.1, 0.15) is 0 Å². The Labute approximate surface area is 106 Å². The number of halogens is 2. The van der Waals surface area contributed by atoms with E-state index < -0.39 is 28.0 Å². The summed E-state index contributed by atoms with van der Waals surface area (Å²) in [7, 11) is -5.29. The first kappa shape index (κ1) is 23.7. The van der Waals surface area contributed by atoms with Gasteiger partial charge in [-0.15, -0.1) is 3.89 Å². The van der Waals surface area contributed by atoms with Crippen LogP contribution in [-0.4, -0.2) is 22.9 Å². The topological polar surface area (TPSA) is 114 Å². The summed E-state index contributed by atoms with van der Waals surface area (Å²) < 4.78 is 58.7. The number of carbonyl (C=O) groups is 1. The molecule has 0 unspecified atom stereocenters. The molecule has 0 N–H and O–H groups in total. The van der Waals surface area contributed by atoms with Crippen LogP contribution < -0.4 is 37.7 Å². The van der Waals surface area contributed by atoms with Gasteiger partial charge in [0, 0.05) is 0 Å². The second-order valence-electron chi connectivity index (χ2n) is 0.939. The molecule has 0 aliphatic heterocycles. The van der Waals surface area contributed by atoms with E-state index in [1.165, 1.54) is 5.54 Å². The van der Waals surface area contributed by atoms with Gasteiger partial charge in [-0.2, -0.15) is 8.42 Å². The van der Waals surface area contributed by atoms with Gasteiger partial charge >= 0.3 is 49.3 Å². The van der Waals surface area contributed by atoms with Crippen LogP contribution in [0.4, 0.5) is 13.2 Å². The van der Waals surface area contributed by atoms with Crippen molar-refractivity contribution in [3.8, 4) is 0 Å². The maximum absolute atomic E-state index is 11.2. The van der Waals surface area contributed by atoms with E-state index in [0.717, 1.165) is 0 Å². The molecule has 0 aliphatic rings. The predicted octanol–water partition coefficient (Wildman–Crippen LogP) is -5.71. The van der Waals surface area contributed by atoms with Crippen LogP contribution in [0.25, 0.3) is 10.3 Å². The third kappa shape index (κ3) is 29.6. The fraction of sp³-hybridized carbons (Fsp3) is 0. The smallest absolute Gasteiger partial charge is 0.533 e. The molecule has 14 heavy (non-hydrogen) atoms. The predicted molar refractivity (Wildman–Crippen MR) is 32.2 cm³/mol. The van der Waals surface area contributed by atoms with E-state index in [4.69, 9.17) is 8.42 Å². The molecule has 0 heterocycles. The molecule has 7 nitrogen and oxygen atoms in total. The Bertz CT molecular complexity index is 275. The summed E-state index contributed by atoms with van der Waals surface area (Å²) >= 11 is -0.750. The Morgan fingerprint density at radius 1 is 1.21 bits per heavy atom. The van der Waals surface area contributed by atoms with Crippen molar-refractivity contribution in [3.63, 3.8) is 0 Å². The average molecular weight is 236 g/mol. The van der Waals surface area contributed by atoms with E-state index in [1.54, 1.807) is 4.72 Å². The van der Waals surface area contributed by atoms with Crippen LogP contribution >= 0.6 is 0 Å². The second kappa shape index (κ2) is 13.1. The molecule has 0 atom stereocenters. The Kier molecular flexibility index (Phi) is 22.2. The molecule has 0 spiro atoms. The van der Waals surface area contributed by atoms with E-state index in [-0.39, 0.29) is 37.7 Å². The normalized spacial score (nSPS) is 7.57. The Morgan fingerprint density at radius 3 is 1.57 bits per heavy atom. The quantitative estimate of drug-likeness (QED) is 0.332. The number of urea groups is 1. The Balaban J connectivity index is -0.0000000891. The molecule has 0 aliphatic carbocycles. The summed E-state index contributed by atoms with van der Waals surface area (Å²) in [6, 6.07) is -2.02. The van der Waals surface area contributed by atoms with Crippen molar-refractivity contribution < 1.29 is 67.7 Å². The minimum atomic E-state index is -5.29. The number of hydrogen-bond donors (Lipinski definition) is 0. The Morgan fingerprint density at radius 2 is 1.50 bits per heavy atom. The molecule has 0 aromatic rings. The summed E-state index contributed by atoms with van der Waals surface area (Å²) in [5.74, 6) is 0. The van der Waals surface area contributed by atoms with Crippen LogP contribution in [0.5, 0.6) is 0 Å². The maximum atomic E-state index is 11.2. The Hall–Kier alpha value is 0.0948. The summed E-state index contributed by atoms with van der Waals surface area (Å²) in [6.07, 6.45) is 0. The molecular formula is CF2Li2N2O5S2. The summed E-state index contributed by atoms with van der Waals surface area (Å²) in [5, 5.41) is 0. The van der Waals surface area contributed by atoms with Crippen LogP contribution in [0, 0.1) is 0 Å². The standard InChI is InChI=1S/CHF2N2O3S.2Li.O2S/c2-4-1(6)5-9(3,7)8;;;1-3-2/h(H-,4,5,6);;;/q-1;2*+1;/p-1. The van der Waals surface area contributed by atoms with Crippen LogP contribution in [0.15, 0.2) is 0 Å². The van der Waals surface area contributed by atoms with Crippen molar-refractivity contribution >= 4 is 28.0 Å². The number of carbonyl (C=O) groups excluding carboxylic acids is 1. The average Bonchev–Trinajstić information content (AvgIpc) is 1.86. The molecule has 0 radical (unpaired) electrons. The van der Waals surface area contributed by atoms with Gasteiger partial charge in [-0.3, -0.25) is 0 Å². The minimum absolute atomic E-state index is 0. The van der Waals surface area contributed by atoms with E-state index in [0.29, 0.717) is 0 Å². The first-order valence-electron chi connectivity index (χ1n) is 1.82. The van der Waals surface area contributed by atoms with Gasteiger partial charge in [-0.1, -0.05) is 0 Å². The molecule has 0 aromatic heterocycles. The summed E-state index contributed by atoms with van der Waals surface area (Å²) in [5.41, 5.74) is 1.25. The second-order valence-corrected chi connectivity index (χ2v) is 2.08. The van der Waals surface area contributed by atoms with Gasteiger partial charge in [0.2, 0.25) is 0 Å². The van der Waals surface area contributed by atoms with Crippen molar-refractivity contribution in [1.82, 2.24) is 0 Å². The molecule has 0 bridgehead atoms. The molecule has 0 saturated heterocycles. The number of amides is 2. The van der Waals surface area contributed by atoms with Gasteiger partial charge in [0.25, 0.3) is 10.4 Å². The third-order valence-corrected chi connectivity index (χ3v) is 0.634. The summed E-state index contributed by atoms with van der Waals surface area (Å²) in [6.45, 7) is 0. The van der Waals surface area contributed by atoms with Crippen molar-refractivity contribution in [2.24, 2.45) is 0 Å². The zero-order chi connectivity index (χ0) is 10.2. The summed E-state index contributed by atoms with van der Waals surface area (Å²) in [4.78, 5) is 9.50. The first-order chi connectivity index (χ1) is 5.37. The van der Waals surface area contributed by atoms with Gasteiger partial charge in [0.15, 0.2) is 0 Å². The minimum Gasteiger partial charge on any atom is -0.533 e. The fourth-order valence-electron chi connectivity index (χ4n) is 0.109. The van der Waals surface area contributed by atoms with Gasteiger partial charge in [-0.25, -0.2) is 8.42 Å². The zero-order valence-corrected chi connectivity index (χ0v) is 8.64. The van der Waals surface area contributed by atoms with Crippen LogP contribution in [-0.2, 0) is 22.0 Å². The molecule has 2 amide bonds. The molecule has 0 saturated carbocycles. The van der Waals surface area contributed by atoms with Crippen molar-refractivity contribution in [3.05, 3.63) is 10.3 Å². The number of nitrogens with zero attached hydrogens (tertiary/aromatic N) is 2. The van der Waals surface area contributed by atoms with Crippen molar-refractivity contribution in [2.45, 2.75) is 0 Å². The fourth-order valence-corrected chi connectivity index (χ4v) is 0.326. The maximum Gasteiger partial charge on any atom is 1.00 e. The van der Waals surface area contributed by atoms with E-state index in [2.05, 4.69) is 0 Å². The molecule has 0 fully saturated rings. The molecule has 13 heteroatoms. The first-order valence-corrected chi connectivity index (χ1v) is 3.83. The van der Waals surface area contributed by atoms with Gasteiger partial charge in [-0.05, 0) is 6.03 Å². The molecule has 0 aromatic carbocycles. The third-order valence-electron chi connectivity index (χ3n) is 0.259. The van der Waals surface area contributed by atoms with Crippen LogP contribution in [0.2, 0.25) is 0 Å². The molecule has 0 rings (SSSR count). The van der Waals surface area contributed by atoms with E-state index in [1.807, 2.05) is 0 Å². The van der Waals surface area contributed by atoms with Gasteiger partial charge in [0.05, 0.1) is 0 Å². The molecular weight excluding hydrogens is 236 g/mol. The molecule has 72 valence electrons. The number of rotatable bonds is 1. The SMILES string of the molecule is O=C([N-]F)[N-]S(=O)(=O)F.O=S=O.[Li+].[Li+]. The van der Waals surface area contributed by atoms with Crippen molar-refractivity contribution in [2.75, 3.05) is 0 Å². The van der Waals surface area contributed by atoms with Crippen LogP contribution in [0.3, 0.4) is 0 Å². The number of hydrogen-bond acceptors (Lipinski definition) is 5. The monoisotopic (exact) mass is 236 g/mol. The van der Waals surface area contributed by atoms with E-state index >= 15 is 0 Å². The largest absolute Gasteiger partial charge is 1.00 e. The van der Waals surface area contributed by atoms with E-state index in [9.17, 15) is 21.6 Å². The van der Waals surface area contributed by atoms with Gasteiger partial charge < -0.3 is 19.5 Å². The zero-order valence-electron chi connectivity index (χ0n) is 7.01. The van der Waals surface area contributed by atoms with Gasteiger partial charge in [0.1, 0.15) is 0 Å².